The normalized spacial score (nSPS) is 20.5. The highest BCUT2D eigenvalue weighted by Crippen LogP contribution is 2.31. The van der Waals surface area contributed by atoms with Crippen LogP contribution in [0.1, 0.15) is 37.3 Å². The Morgan fingerprint density at radius 1 is 1.21 bits per heavy atom. The summed E-state index contributed by atoms with van der Waals surface area (Å²) in [6.07, 6.45) is 8.07. The van der Waals surface area contributed by atoms with Crippen molar-refractivity contribution in [3.63, 3.8) is 0 Å². The van der Waals surface area contributed by atoms with E-state index in [9.17, 15) is 5.11 Å². The second kappa shape index (κ2) is 8.31. The van der Waals surface area contributed by atoms with Crippen LogP contribution < -0.4 is 4.74 Å². The summed E-state index contributed by atoms with van der Waals surface area (Å²) >= 11 is 0. The molecule has 0 radical (unpaired) electrons. The first-order valence-corrected chi connectivity index (χ1v) is 8.80. The van der Waals surface area contributed by atoms with E-state index in [1.807, 2.05) is 24.4 Å². The Balaban J connectivity index is 1.69. The molecule has 5 nitrogen and oxygen atoms in total. The molecule has 2 heterocycles. The highest BCUT2D eigenvalue weighted by molar-refractivity contribution is 5.29. The van der Waals surface area contributed by atoms with Crippen LogP contribution in [0.15, 0.2) is 42.7 Å². The highest BCUT2D eigenvalue weighted by Gasteiger charge is 2.24. The van der Waals surface area contributed by atoms with Gasteiger partial charge in [-0.25, -0.2) is 0 Å². The average molecular weight is 329 g/mol. The van der Waals surface area contributed by atoms with Crippen LogP contribution in [0.3, 0.4) is 0 Å². The highest BCUT2D eigenvalue weighted by atomic mass is 16.5. The minimum absolute atomic E-state index is 0.366. The van der Waals surface area contributed by atoms with Crippen LogP contribution in [0.5, 0.6) is 5.75 Å². The molecule has 1 fully saturated rings. The maximum atomic E-state index is 10.5. The van der Waals surface area contributed by atoms with Crippen molar-refractivity contribution in [3.05, 3.63) is 48.3 Å². The zero-order valence-electron chi connectivity index (χ0n) is 14.3. The van der Waals surface area contributed by atoms with E-state index < -0.39 is 6.10 Å². The summed E-state index contributed by atoms with van der Waals surface area (Å²) in [6, 6.07) is 10.6. The fourth-order valence-electron chi connectivity index (χ4n) is 3.54. The molecular weight excluding hydrogens is 302 g/mol. The van der Waals surface area contributed by atoms with Crippen molar-refractivity contribution in [2.45, 2.75) is 44.4 Å². The van der Waals surface area contributed by atoms with Crippen molar-refractivity contribution in [1.82, 2.24) is 14.7 Å². The Kier molecular flexibility index (Phi) is 5.88. The van der Waals surface area contributed by atoms with E-state index in [-0.39, 0.29) is 0 Å². The van der Waals surface area contributed by atoms with Crippen LogP contribution in [-0.4, -0.2) is 46.1 Å². The lowest BCUT2D eigenvalue weighted by atomic mass is 10.0. The largest absolute Gasteiger partial charge is 0.497 e. The van der Waals surface area contributed by atoms with Gasteiger partial charge in [-0.2, -0.15) is 5.10 Å². The first kappa shape index (κ1) is 17.0. The number of aromatic nitrogens is 2. The number of methoxy groups -OCH3 is 1. The molecule has 0 saturated carbocycles. The summed E-state index contributed by atoms with van der Waals surface area (Å²) in [4.78, 5) is 2.43. The number of aliphatic hydroxyl groups excluding tert-OH is 1. The van der Waals surface area contributed by atoms with Crippen molar-refractivity contribution < 1.29 is 9.84 Å². The van der Waals surface area contributed by atoms with Crippen LogP contribution in [0, 0.1) is 0 Å². The van der Waals surface area contributed by atoms with Gasteiger partial charge in [-0.15, -0.1) is 0 Å². The molecule has 0 spiro atoms. The van der Waals surface area contributed by atoms with Gasteiger partial charge in [-0.05, 0) is 43.1 Å². The molecule has 1 aliphatic rings. The summed E-state index contributed by atoms with van der Waals surface area (Å²) in [6.45, 7) is 2.25. The third-order valence-electron chi connectivity index (χ3n) is 4.77. The number of benzene rings is 1. The number of aliphatic hydroxyl groups is 1. The van der Waals surface area contributed by atoms with Gasteiger partial charge in [-0.3, -0.25) is 9.58 Å². The summed E-state index contributed by atoms with van der Waals surface area (Å²) in [7, 11) is 1.69. The molecule has 24 heavy (non-hydrogen) atoms. The minimum Gasteiger partial charge on any atom is -0.497 e. The Morgan fingerprint density at radius 3 is 2.75 bits per heavy atom. The van der Waals surface area contributed by atoms with Gasteiger partial charge < -0.3 is 9.84 Å². The lowest BCUT2D eigenvalue weighted by Crippen LogP contribution is -2.37. The Morgan fingerprint density at radius 2 is 2.04 bits per heavy atom. The van der Waals surface area contributed by atoms with Gasteiger partial charge in [0.15, 0.2) is 0 Å². The minimum atomic E-state index is -0.413. The molecule has 0 amide bonds. The van der Waals surface area contributed by atoms with E-state index in [1.165, 1.54) is 24.8 Å². The molecule has 130 valence electrons. The van der Waals surface area contributed by atoms with Crippen molar-refractivity contribution in [1.29, 1.82) is 0 Å². The van der Waals surface area contributed by atoms with E-state index in [0.29, 0.717) is 19.1 Å². The first-order chi connectivity index (χ1) is 11.8. The third kappa shape index (κ3) is 4.36. The van der Waals surface area contributed by atoms with Crippen molar-refractivity contribution >= 4 is 0 Å². The fourth-order valence-corrected chi connectivity index (χ4v) is 3.54. The molecule has 0 unspecified atom stereocenters. The number of β-amino-alcohol motifs (C(OH)–C–C–N with tert-alkyl or cyclic N) is 1. The van der Waals surface area contributed by atoms with Gasteiger partial charge in [0.25, 0.3) is 0 Å². The molecule has 1 N–H and O–H groups in total. The van der Waals surface area contributed by atoms with Gasteiger partial charge in [0.1, 0.15) is 5.75 Å². The van der Waals surface area contributed by atoms with Crippen molar-refractivity contribution in [2.75, 3.05) is 20.2 Å². The van der Waals surface area contributed by atoms with E-state index in [2.05, 4.69) is 22.1 Å². The maximum absolute atomic E-state index is 10.5. The fraction of sp³-hybridized carbons (Fsp3) is 0.526. The number of hydrogen-bond acceptors (Lipinski definition) is 4. The van der Waals surface area contributed by atoms with Crippen LogP contribution in [-0.2, 0) is 6.54 Å². The second-order valence-corrected chi connectivity index (χ2v) is 6.52. The molecule has 3 rings (SSSR count). The van der Waals surface area contributed by atoms with Crippen LogP contribution >= 0.6 is 0 Å². The lowest BCUT2D eigenvalue weighted by Gasteiger charge is -2.32. The molecule has 0 aliphatic carbocycles. The van der Waals surface area contributed by atoms with Crippen molar-refractivity contribution in [2.24, 2.45) is 0 Å². The SMILES string of the molecule is COc1ccc([C@@H]2CCCCCN2C[C@@H](O)Cn2cccn2)cc1. The molecular formula is C19H27N3O2. The summed E-state index contributed by atoms with van der Waals surface area (Å²) in [5, 5.41) is 14.7. The Bertz CT molecular complexity index is 598. The molecule has 0 bridgehead atoms. The molecule has 1 aromatic heterocycles. The monoisotopic (exact) mass is 329 g/mol. The van der Waals surface area contributed by atoms with Gasteiger partial charge in [-0.1, -0.05) is 25.0 Å². The zero-order chi connectivity index (χ0) is 16.8. The number of ether oxygens (including phenoxy) is 1. The van der Waals surface area contributed by atoms with E-state index >= 15 is 0 Å². The molecule has 1 aliphatic heterocycles. The first-order valence-electron chi connectivity index (χ1n) is 8.80. The quantitative estimate of drug-likeness (QED) is 0.885. The van der Waals surface area contributed by atoms with Gasteiger partial charge in [0.05, 0.1) is 19.8 Å². The number of nitrogens with zero attached hydrogens (tertiary/aromatic N) is 3. The summed E-state index contributed by atoms with van der Waals surface area (Å²) in [5.41, 5.74) is 1.31. The zero-order valence-corrected chi connectivity index (χ0v) is 14.3. The van der Waals surface area contributed by atoms with Crippen LogP contribution in [0.4, 0.5) is 0 Å². The maximum Gasteiger partial charge on any atom is 0.118 e. The topological polar surface area (TPSA) is 50.5 Å². The van der Waals surface area contributed by atoms with Gasteiger partial charge >= 0.3 is 0 Å². The molecule has 1 aromatic carbocycles. The predicted molar refractivity (Wildman–Crippen MR) is 94.0 cm³/mol. The Hall–Kier alpha value is -1.85. The Labute approximate surface area is 143 Å². The van der Waals surface area contributed by atoms with Crippen molar-refractivity contribution in [3.8, 4) is 5.75 Å². The van der Waals surface area contributed by atoms with Crippen LogP contribution in [0.25, 0.3) is 0 Å². The molecule has 1 saturated heterocycles. The molecule has 2 aromatic rings. The summed E-state index contributed by atoms with van der Waals surface area (Å²) < 4.78 is 7.06. The van der Waals surface area contributed by atoms with Gasteiger partial charge in [0, 0.05) is 25.0 Å². The molecule has 5 heteroatoms. The van der Waals surface area contributed by atoms with Crippen LogP contribution in [0.2, 0.25) is 0 Å². The lowest BCUT2D eigenvalue weighted by molar-refractivity contribution is 0.0737. The van der Waals surface area contributed by atoms with E-state index in [1.54, 1.807) is 18.0 Å². The number of likely N-dealkylation sites (tertiary alicyclic amines) is 1. The standard InChI is InChI=1S/C19H27N3O2/c1-24-18-9-7-16(8-10-18)19-6-3-2-4-12-21(19)14-17(23)15-22-13-5-11-20-22/h5,7-11,13,17,19,23H,2-4,6,12,14-15H2,1H3/t17-,19+/m1/s1. The average Bonchev–Trinajstić information content (AvgIpc) is 3.00. The smallest absolute Gasteiger partial charge is 0.118 e. The van der Waals surface area contributed by atoms with Gasteiger partial charge in [0.2, 0.25) is 0 Å². The molecule has 2 atom stereocenters. The summed E-state index contributed by atoms with van der Waals surface area (Å²) in [5.74, 6) is 0.887. The van der Waals surface area contributed by atoms with E-state index in [0.717, 1.165) is 18.7 Å². The van der Waals surface area contributed by atoms with E-state index in [4.69, 9.17) is 4.74 Å². The number of hydrogen-bond donors (Lipinski definition) is 1. The predicted octanol–water partition coefficient (Wildman–Crippen LogP) is 2.87. The number of rotatable bonds is 6. The third-order valence-corrected chi connectivity index (χ3v) is 4.77. The second-order valence-electron chi connectivity index (χ2n) is 6.52.